The van der Waals surface area contributed by atoms with Gasteiger partial charge in [0.05, 0.1) is 35.9 Å². The number of pyridine rings is 1. The molecule has 5 aromatic rings. The van der Waals surface area contributed by atoms with E-state index in [-0.39, 0.29) is 28.9 Å². The molecule has 44 heavy (non-hydrogen) atoms. The Labute approximate surface area is 251 Å². The number of hydrogen-bond acceptors (Lipinski definition) is 6. The van der Waals surface area contributed by atoms with Crippen molar-refractivity contribution < 1.29 is 18.3 Å². The standard InChI is InChI=1S/C33H27F2N7O2/c1-36-27-15-28-24(33(40-39-28)20-5-6-29-30(11-20)44-18-22-17-41(2)8-9-42(22)29)14-23(27)32-25(34)12-21(13-26(32)35)38-31(43)10-19-4-3-7-37-16-19/h3-7,11-16,22H,8-10,17-18H2,2H3,(H,38,43)(H,39,40). The number of rotatable bonds is 5. The van der Waals surface area contributed by atoms with E-state index in [0.717, 1.165) is 48.8 Å². The minimum absolute atomic E-state index is 0.00429. The third-order valence-corrected chi connectivity index (χ3v) is 8.14. The molecule has 3 aromatic carbocycles. The molecule has 4 heterocycles. The van der Waals surface area contributed by atoms with Gasteiger partial charge in [-0.15, -0.1) is 0 Å². The maximum atomic E-state index is 15.5. The molecule has 1 unspecified atom stereocenters. The summed E-state index contributed by atoms with van der Waals surface area (Å²) in [6.07, 6.45) is 3.15. The second-order valence-corrected chi connectivity index (χ2v) is 11.1. The summed E-state index contributed by atoms with van der Waals surface area (Å²) in [5, 5.41) is 10.6. The van der Waals surface area contributed by atoms with Gasteiger partial charge in [-0.1, -0.05) is 18.2 Å². The molecule has 1 atom stereocenters. The van der Waals surface area contributed by atoms with Gasteiger partial charge in [0.25, 0.3) is 0 Å². The van der Waals surface area contributed by atoms with Crippen LogP contribution in [0.5, 0.6) is 5.75 Å². The molecule has 220 valence electrons. The van der Waals surface area contributed by atoms with Crippen LogP contribution in [0.4, 0.5) is 25.8 Å². The zero-order valence-corrected chi connectivity index (χ0v) is 23.8. The third kappa shape index (κ3) is 4.99. The molecule has 0 bridgehead atoms. The molecule has 1 saturated heterocycles. The maximum Gasteiger partial charge on any atom is 0.228 e. The van der Waals surface area contributed by atoms with Gasteiger partial charge in [-0.3, -0.25) is 14.9 Å². The SMILES string of the molecule is [C-]#[N+]c1cc2[nH]nc(-c3ccc4c(c3)OCC3CN(C)CCN43)c2cc1-c1c(F)cc(NC(=O)Cc2cccnc2)cc1F. The van der Waals surface area contributed by atoms with Crippen LogP contribution in [0.15, 0.2) is 67.0 Å². The monoisotopic (exact) mass is 591 g/mol. The van der Waals surface area contributed by atoms with Crippen LogP contribution in [0.2, 0.25) is 0 Å². The zero-order chi connectivity index (χ0) is 30.4. The first-order valence-electron chi connectivity index (χ1n) is 14.2. The number of likely N-dealkylation sites (N-methyl/N-ethyl adjacent to an activating group) is 1. The number of fused-ring (bicyclic) bond motifs is 4. The Morgan fingerprint density at radius 3 is 2.77 bits per heavy atom. The quantitative estimate of drug-likeness (QED) is 0.251. The molecule has 2 aliphatic rings. The van der Waals surface area contributed by atoms with Gasteiger partial charge < -0.3 is 19.9 Å². The number of aromatic nitrogens is 3. The zero-order valence-electron chi connectivity index (χ0n) is 23.8. The number of H-pyrrole nitrogens is 1. The number of carbonyl (C=O) groups excluding carboxylic acids is 1. The fourth-order valence-corrected chi connectivity index (χ4v) is 6.03. The molecule has 2 aliphatic heterocycles. The molecule has 2 N–H and O–H groups in total. The first-order chi connectivity index (χ1) is 21.4. The minimum atomic E-state index is -0.903. The Morgan fingerprint density at radius 1 is 1.16 bits per heavy atom. The van der Waals surface area contributed by atoms with Gasteiger partial charge in [0, 0.05) is 54.2 Å². The average molecular weight is 592 g/mol. The van der Waals surface area contributed by atoms with E-state index < -0.39 is 17.5 Å². The molecule has 1 fully saturated rings. The lowest BCUT2D eigenvalue weighted by atomic mass is 9.97. The van der Waals surface area contributed by atoms with Crippen molar-refractivity contribution in [3.8, 4) is 28.1 Å². The number of benzene rings is 3. The number of nitrogens with zero attached hydrogens (tertiary/aromatic N) is 5. The molecule has 11 heteroatoms. The van der Waals surface area contributed by atoms with E-state index in [0.29, 0.717) is 34.8 Å². The fraction of sp³-hybridized carbons (Fsp3) is 0.212. The van der Waals surface area contributed by atoms with Gasteiger partial charge in [-0.05, 0) is 54.6 Å². The predicted molar refractivity (Wildman–Crippen MR) is 164 cm³/mol. The molecule has 0 spiro atoms. The van der Waals surface area contributed by atoms with Crippen molar-refractivity contribution in [2.45, 2.75) is 12.5 Å². The van der Waals surface area contributed by atoms with Crippen molar-refractivity contribution >= 4 is 33.9 Å². The first kappa shape index (κ1) is 27.5. The van der Waals surface area contributed by atoms with E-state index in [1.165, 1.54) is 0 Å². The van der Waals surface area contributed by atoms with Crippen molar-refractivity contribution in [2.24, 2.45) is 0 Å². The molecule has 1 amide bonds. The lowest BCUT2D eigenvalue weighted by molar-refractivity contribution is -0.115. The number of anilines is 2. The number of piperazine rings is 1. The molecule has 0 saturated carbocycles. The summed E-state index contributed by atoms with van der Waals surface area (Å²) in [6, 6.07) is 14.9. The fourth-order valence-electron chi connectivity index (χ4n) is 6.03. The van der Waals surface area contributed by atoms with Crippen molar-refractivity contribution in [3.05, 3.63) is 95.6 Å². The van der Waals surface area contributed by atoms with E-state index in [2.05, 4.69) is 42.2 Å². The molecular weight excluding hydrogens is 564 g/mol. The number of halogens is 2. The topological polar surface area (TPSA) is 90.7 Å². The van der Waals surface area contributed by atoms with Gasteiger partial charge in [0.1, 0.15) is 24.0 Å². The number of amides is 1. The molecule has 2 aromatic heterocycles. The Balaban J connectivity index is 1.22. The van der Waals surface area contributed by atoms with E-state index in [4.69, 9.17) is 11.3 Å². The largest absolute Gasteiger partial charge is 0.489 e. The van der Waals surface area contributed by atoms with E-state index >= 15 is 8.78 Å². The van der Waals surface area contributed by atoms with Crippen LogP contribution < -0.4 is 15.0 Å². The highest BCUT2D eigenvalue weighted by Gasteiger charge is 2.32. The Hall–Kier alpha value is -5.34. The van der Waals surface area contributed by atoms with Crippen molar-refractivity contribution in [1.29, 1.82) is 0 Å². The molecule has 9 nitrogen and oxygen atoms in total. The first-order valence-corrected chi connectivity index (χ1v) is 14.2. The van der Waals surface area contributed by atoms with Crippen LogP contribution >= 0.6 is 0 Å². The molecule has 0 aliphatic carbocycles. The lowest BCUT2D eigenvalue weighted by Gasteiger charge is -2.44. The summed E-state index contributed by atoms with van der Waals surface area (Å²) in [6.45, 7) is 11.1. The number of hydrogen-bond donors (Lipinski definition) is 2. The minimum Gasteiger partial charge on any atom is -0.489 e. The van der Waals surface area contributed by atoms with E-state index in [1.807, 2.05) is 18.2 Å². The van der Waals surface area contributed by atoms with Gasteiger partial charge >= 0.3 is 0 Å². The number of aromatic amines is 1. The number of nitrogens with one attached hydrogen (secondary N) is 2. The van der Waals surface area contributed by atoms with Crippen LogP contribution in [0.25, 0.3) is 38.1 Å². The van der Waals surface area contributed by atoms with Crippen LogP contribution in [-0.2, 0) is 11.2 Å². The van der Waals surface area contributed by atoms with Crippen molar-refractivity contribution in [1.82, 2.24) is 20.1 Å². The maximum absolute atomic E-state index is 15.5. The highest BCUT2D eigenvalue weighted by atomic mass is 19.1. The molecule has 0 radical (unpaired) electrons. The summed E-state index contributed by atoms with van der Waals surface area (Å²) < 4.78 is 37.2. The van der Waals surface area contributed by atoms with E-state index in [1.54, 1.807) is 36.7 Å². The summed E-state index contributed by atoms with van der Waals surface area (Å²) >= 11 is 0. The summed E-state index contributed by atoms with van der Waals surface area (Å²) in [5.74, 6) is -1.48. The molecule has 7 rings (SSSR count). The van der Waals surface area contributed by atoms with Gasteiger partial charge in [-0.25, -0.2) is 13.6 Å². The second kappa shape index (κ2) is 11.1. The number of carbonyl (C=O) groups is 1. The summed E-state index contributed by atoms with van der Waals surface area (Å²) in [5.41, 5.74) is 3.39. The van der Waals surface area contributed by atoms with Gasteiger partial charge in [0.2, 0.25) is 5.91 Å². The Bertz CT molecular complexity index is 1930. The van der Waals surface area contributed by atoms with Crippen molar-refractivity contribution in [2.75, 3.05) is 43.5 Å². The van der Waals surface area contributed by atoms with Crippen LogP contribution in [0.3, 0.4) is 0 Å². The highest BCUT2D eigenvalue weighted by molar-refractivity contribution is 6.01. The summed E-state index contributed by atoms with van der Waals surface area (Å²) in [4.78, 5) is 24.7. The van der Waals surface area contributed by atoms with Gasteiger partial charge in [-0.2, -0.15) is 5.10 Å². The lowest BCUT2D eigenvalue weighted by Crippen LogP contribution is -2.56. The average Bonchev–Trinajstić information content (AvgIpc) is 3.43. The van der Waals surface area contributed by atoms with Crippen LogP contribution in [0.1, 0.15) is 5.56 Å². The highest BCUT2D eigenvalue weighted by Crippen LogP contribution is 2.42. The van der Waals surface area contributed by atoms with Crippen LogP contribution in [-0.4, -0.2) is 65.3 Å². The Morgan fingerprint density at radius 2 is 2.00 bits per heavy atom. The molecular formula is C33H27F2N7O2. The number of ether oxygens (including phenoxy) is 1. The second-order valence-electron chi connectivity index (χ2n) is 11.1. The predicted octanol–water partition coefficient (Wildman–Crippen LogP) is 5.81. The summed E-state index contributed by atoms with van der Waals surface area (Å²) in [7, 11) is 2.11. The normalized spacial score (nSPS) is 16.1. The Kier molecular flexibility index (Phi) is 6.91. The third-order valence-electron chi connectivity index (χ3n) is 8.14. The van der Waals surface area contributed by atoms with Crippen molar-refractivity contribution in [3.63, 3.8) is 0 Å². The smallest absolute Gasteiger partial charge is 0.228 e. The van der Waals surface area contributed by atoms with Gasteiger partial charge in [0.15, 0.2) is 5.69 Å². The van der Waals surface area contributed by atoms with E-state index in [9.17, 15) is 4.79 Å². The van der Waals surface area contributed by atoms with Crippen LogP contribution in [0, 0.1) is 18.2 Å².